The van der Waals surface area contributed by atoms with E-state index < -0.39 is 12.4 Å². The average Bonchev–Trinajstić information content (AvgIpc) is 2.36. The summed E-state index contributed by atoms with van der Waals surface area (Å²) in [4.78, 5) is 0. The van der Waals surface area contributed by atoms with Crippen molar-refractivity contribution in [3.05, 3.63) is 59.2 Å². The Hall–Kier alpha value is -0.269. The van der Waals surface area contributed by atoms with Crippen molar-refractivity contribution in [1.82, 2.24) is 0 Å². The van der Waals surface area contributed by atoms with Crippen LogP contribution < -0.4 is 61.6 Å². The predicted molar refractivity (Wildman–Crippen MR) is 75.4 cm³/mol. The van der Waals surface area contributed by atoms with E-state index in [-0.39, 0.29) is 56.9 Å². The largest absolute Gasteiger partial charge is 1.00 e. The molecule has 0 aliphatic carbocycles. The average molecular weight is 318 g/mol. The van der Waals surface area contributed by atoms with Crippen LogP contribution in [0.3, 0.4) is 0 Å². The van der Waals surface area contributed by atoms with Crippen molar-refractivity contribution >= 4 is 12.4 Å². The minimum Gasteiger partial charge on any atom is -0.489 e. The van der Waals surface area contributed by atoms with Gasteiger partial charge in [-0.1, -0.05) is 41.5 Å². The van der Waals surface area contributed by atoms with Crippen LogP contribution in [0.5, 0.6) is 5.75 Å². The molecule has 2 rings (SSSR count). The molecule has 0 N–H and O–H groups in total. The molecule has 106 valence electrons. The molecule has 0 fully saturated rings. The van der Waals surface area contributed by atoms with Gasteiger partial charge in [0.2, 0.25) is 0 Å². The molecule has 0 saturated heterocycles. The van der Waals surface area contributed by atoms with Gasteiger partial charge in [-0.05, 0) is 31.5 Å². The number of rotatable bonds is 4. The molecule has 2 aromatic carbocycles. The van der Waals surface area contributed by atoms with E-state index in [1.807, 2.05) is 31.2 Å². The first-order chi connectivity index (χ1) is 9.36. The predicted octanol–water partition coefficient (Wildman–Crippen LogP) is 0.941. The van der Waals surface area contributed by atoms with Crippen molar-refractivity contribution in [2.45, 2.75) is 20.5 Å². The summed E-state index contributed by atoms with van der Waals surface area (Å²) in [5, 5.41) is 0. The molecule has 0 aliphatic rings. The van der Waals surface area contributed by atoms with Crippen molar-refractivity contribution in [2.24, 2.45) is 0 Å². The van der Waals surface area contributed by atoms with Crippen LogP contribution in [0.25, 0.3) is 0 Å². The normalized spacial score (nSPS) is 10.9. The molecular formula is C15H15BF3KO. The smallest absolute Gasteiger partial charge is 0.489 e. The second-order valence-corrected chi connectivity index (χ2v) is 4.87. The minimum absolute atomic E-state index is 0. The third-order valence-corrected chi connectivity index (χ3v) is 3.12. The molecule has 0 spiro atoms. The van der Waals surface area contributed by atoms with Crippen LogP contribution >= 0.6 is 0 Å². The van der Waals surface area contributed by atoms with Gasteiger partial charge in [-0.15, -0.1) is 5.46 Å². The fraction of sp³-hybridized carbons (Fsp3) is 0.200. The van der Waals surface area contributed by atoms with Crippen LogP contribution in [0.2, 0.25) is 0 Å². The second-order valence-electron chi connectivity index (χ2n) is 4.87. The monoisotopic (exact) mass is 318 g/mol. The molecule has 0 atom stereocenters. The molecule has 0 aromatic heterocycles. The van der Waals surface area contributed by atoms with Gasteiger partial charge in [0.1, 0.15) is 12.4 Å². The van der Waals surface area contributed by atoms with Gasteiger partial charge >= 0.3 is 58.4 Å². The SMILES string of the molecule is Cc1ccc(COc2ccc([B-](F)(F)F)c(C)c2)cc1.[K+]. The second kappa shape index (κ2) is 7.83. The summed E-state index contributed by atoms with van der Waals surface area (Å²) in [6.45, 7) is -1.18. The van der Waals surface area contributed by atoms with Crippen LogP contribution in [0.1, 0.15) is 16.7 Å². The molecule has 2 aromatic rings. The van der Waals surface area contributed by atoms with Crippen LogP contribution in [0, 0.1) is 13.8 Å². The Bertz CT molecular complexity index is 597. The Morgan fingerprint density at radius 1 is 0.952 bits per heavy atom. The van der Waals surface area contributed by atoms with Crippen LogP contribution in [0.4, 0.5) is 12.9 Å². The number of hydrogen-bond donors (Lipinski definition) is 0. The Labute approximate surface area is 165 Å². The molecule has 21 heavy (non-hydrogen) atoms. The van der Waals surface area contributed by atoms with Crippen molar-refractivity contribution in [1.29, 1.82) is 0 Å². The molecular weight excluding hydrogens is 303 g/mol. The zero-order chi connectivity index (χ0) is 14.8. The van der Waals surface area contributed by atoms with E-state index in [0.29, 0.717) is 12.4 Å². The Morgan fingerprint density at radius 2 is 1.57 bits per heavy atom. The van der Waals surface area contributed by atoms with Gasteiger partial charge in [-0.3, -0.25) is 0 Å². The molecule has 0 unspecified atom stereocenters. The number of aryl methyl sites for hydroxylation is 2. The van der Waals surface area contributed by atoms with E-state index in [1.54, 1.807) is 0 Å². The molecule has 0 bridgehead atoms. The summed E-state index contributed by atoms with van der Waals surface area (Å²) in [7, 11) is 0. The summed E-state index contributed by atoms with van der Waals surface area (Å²) in [6.07, 6.45) is 0. The number of hydrogen-bond acceptors (Lipinski definition) is 1. The van der Waals surface area contributed by atoms with Crippen LogP contribution in [0.15, 0.2) is 42.5 Å². The molecule has 0 amide bonds. The van der Waals surface area contributed by atoms with Crippen molar-refractivity contribution in [2.75, 3.05) is 0 Å². The molecule has 6 heteroatoms. The van der Waals surface area contributed by atoms with E-state index in [0.717, 1.165) is 17.2 Å². The Balaban J connectivity index is 0.00000220. The summed E-state index contributed by atoms with van der Waals surface area (Å²) < 4.78 is 43.6. The maximum absolute atomic E-state index is 12.7. The number of ether oxygens (including phenoxy) is 1. The van der Waals surface area contributed by atoms with Gasteiger partial charge in [-0.2, -0.15) is 0 Å². The summed E-state index contributed by atoms with van der Waals surface area (Å²) >= 11 is 0. The molecule has 0 radical (unpaired) electrons. The fourth-order valence-electron chi connectivity index (χ4n) is 1.96. The van der Waals surface area contributed by atoms with Crippen LogP contribution in [-0.4, -0.2) is 6.98 Å². The van der Waals surface area contributed by atoms with E-state index in [9.17, 15) is 12.9 Å². The maximum Gasteiger partial charge on any atom is 1.00 e. The standard InChI is InChI=1S/C15H15BF3O.K/c1-11-3-5-13(6-4-11)10-20-14-7-8-15(12(2)9-14)16(17,18)19;/h3-9H,10H2,1-2H3;/q-1;+1. The van der Waals surface area contributed by atoms with Gasteiger partial charge < -0.3 is 17.7 Å². The van der Waals surface area contributed by atoms with Gasteiger partial charge in [0.25, 0.3) is 0 Å². The number of halogens is 3. The van der Waals surface area contributed by atoms with E-state index in [2.05, 4.69) is 0 Å². The minimum atomic E-state index is -4.96. The number of benzene rings is 2. The fourth-order valence-corrected chi connectivity index (χ4v) is 1.96. The Morgan fingerprint density at radius 3 is 2.10 bits per heavy atom. The molecule has 0 aliphatic heterocycles. The van der Waals surface area contributed by atoms with Crippen molar-refractivity contribution in [3.8, 4) is 5.75 Å². The van der Waals surface area contributed by atoms with E-state index >= 15 is 0 Å². The quantitative estimate of drug-likeness (QED) is 0.763. The summed E-state index contributed by atoms with van der Waals surface area (Å²) in [5.41, 5.74) is 1.77. The molecule has 1 nitrogen and oxygen atoms in total. The molecule has 0 saturated carbocycles. The summed E-state index contributed by atoms with van der Waals surface area (Å²) in [5.74, 6) is 0.451. The summed E-state index contributed by atoms with van der Waals surface area (Å²) in [6, 6.07) is 11.7. The first kappa shape index (κ1) is 18.8. The molecule has 0 heterocycles. The van der Waals surface area contributed by atoms with E-state index in [1.165, 1.54) is 19.1 Å². The Kier molecular flexibility index (Phi) is 7.00. The van der Waals surface area contributed by atoms with Crippen molar-refractivity contribution < 1.29 is 69.1 Å². The topological polar surface area (TPSA) is 9.23 Å². The van der Waals surface area contributed by atoms with Crippen molar-refractivity contribution in [3.63, 3.8) is 0 Å². The van der Waals surface area contributed by atoms with E-state index in [4.69, 9.17) is 4.74 Å². The third-order valence-electron chi connectivity index (χ3n) is 3.12. The third kappa shape index (κ3) is 5.45. The first-order valence-electron chi connectivity index (χ1n) is 6.35. The van der Waals surface area contributed by atoms with Gasteiger partial charge in [0, 0.05) is 0 Å². The zero-order valence-corrected chi connectivity index (χ0v) is 15.5. The zero-order valence-electron chi connectivity index (χ0n) is 12.4. The van der Waals surface area contributed by atoms with Gasteiger partial charge in [-0.25, -0.2) is 0 Å². The van der Waals surface area contributed by atoms with Gasteiger partial charge in [0.05, 0.1) is 0 Å². The van der Waals surface area contributed by atoms with Gasteiger partial charge in [0.15, 0.2) is 0 Å². The maximum atomic E-state index is 12.7. The first-order valence-corrected chi connectivity index (χ1v) is 6.35. The van der Waals surface area contributed by atoms with Crippen LogP contribution in [-0.2, 0) is 6.61 Å².